The fraction of sp³-hybridized carbons (Fsp3) is 0.833. The summed E-state index contributed by atoms with van der Waals surface area (Å²) in [6, 6.07) is 0. The molecule has 2 atom stereocenters. The number of ether oxygens (including phenoxy) is 1. The smallest absolute Gasteiger partial charge is 0.327 e. The zero-order valence-electron chi connectivity index (χ0n) is 10.9. The number of unbranched alkanes of at least 4 members (excludes halogenated alkanes) is 2. The first-order chi connectivity index (χ1) is 7.88. The van der Waals surface area contributed by atoms with Gasteiger partial charge in [-0.25, -0.2) is 0 Å². The van der Waals surface area contributed by atoms with Gasteiger partial charge < -0.3 is 15.6 Å². The fourth-order valence-electron chi connectivity index (χ4n) is 1.49. The molecule has 0 radical (unpaired) electrons. The molecule has 0 aliphatic rings. The summed E-state index contributed by atoms with van der Waals surface area (Å²) in [5, 5.41) is 9.01. The number of carbonyl (C=O) groups is 2. The van der Waals surface area contributed by atoms with Crippen molar-refractivity contribution in [3.63, 3.8) is 0 Å². The summed E-state index contributed by atoms with van der Waals surface area (Å²) in [6.45, 7) is 5.23. The van der Waals surface area contributed by atoms with Crippen molar-refractivity contribution in [3.05, 3.63) is 0 Å². The van der Waals surface area contributed by atoms with E-state index in [0.29, 0.717) is 6.42 Å². The van der Waals surface area contributed by atoms with E-state index in [1.807, 2.05) is 6.92 Å². The molecule has 0 aromatic heterocycles. The topological polar surface area (TPSA) is 89.6 Å². The van der Waals surface area contributed by atoms with Crippen molar-refractivity contribution in [1.82, 2.24) is 0 Å². The number of hydrogen-bond donors (Lipinski definition) is 2. The van der Waals surface area contributed by atoms with Crippen molar-refractivity contribution in [3.8, 4) is 0 Å². The van der Waals surface area contributed by atoms with E-state index in [1.165, 1.54) is 6.92 Å². The molecule has 0 aliphatic heterocycles. The lowest BCUT2D eigenvalue weighted by Crippen LogP contribution is -2.57. The maximum Gasteiger partial charge on any atom is 0.327 e. The highest BCUT2D eigenvalue weighted by Crippen LogP contribution is 2.16. The Hall–Kier alpha value is -1.10. The molecular formula is C12H23NO4. The molecular weight excluding hydrogens is 222 g/mol. The van der Waals surface area contributed by atoms with Gasteiger partial charge in [0.15, 0.2) is 5.54 Å². The third-order valence-corrected chi connectivity index (χ3v) is 3.00. The quantitative estimate of drug-likeness (QED) is 0.501. The van der Waals surface area contributed by atoms with Crippen LogP contribution in [0.25, 0.3) is 0 Å². The van der Waals surface area contributed by atoms with Crippen LogP contribution in [0.15, 0.2) is 0 Å². The molecule has 0 unspecified atom stereocenters. The Morgan fingerprint density at radius 2 is 1.94 bits per heavy atom. The highest BCUT2D eigenvalue weighted by Gasteiger charge is 2.40. The average Bonchev–Trinajstić information content (AvgIpc) is 2.27. The minimum Gasteiger partial charge on any atom is -0.480 e. The maximum absolute atomic E-state index is 11.4. The van der Waals surface area contributed by atoms with Gasteiger partial charge in [0, 0.05) is 6.42 Å². The molecule has 0 saturated carbocycles. The van der Waals surface area contributed by atoms with E-state index in [4.69, 9.17) is 15.6 Å². The van der Waals surface area contributed by atoms with Crippen LogP contribution in [0.1, 0.15) is 52.9 Å². The lowest BCUT2D eigenvalue weighted by molar-refractivity contribution is -0.159. The van der Waals surface area contributed by atoms with E-state index in [0.717, 1.165) is 19.3 Å². The predicted octanol–water partition coefficient (Wildman–Crippen LogP) is 1.69. The molecule has 3 N–H and O–H groups in total. The minimum atomic E-state index is -1.50. The van der Waals surface area contributed by atoms with Crippen LogP contribution in [0.3, 0.4) is 0 Å². The molecule has 0 rings (SSSR count). The summed E-state index contributed by atoms with van der Waals surface area (Å²) < 4.78 is 5.07. The molecule has 0 aromatic carbocycles. The summed E-state index contributed by atoms with van der Waals surface area (Å²) in [7, 11) is 0. The van der Waals surface area contributed by atoms with Gasteiger partial charge in [-0.15, -0.1) is 0 Å². The number of aliphatic carboxylic acids is 1. The molecule has 0 aromatic rings. The lowest BCUT2D eigenvalue weighted by atomic mass is 9.91. The molecule has 5 nitrogen and oxygen atoms in total. The number of esters is 1. The third-order valence-electron chi connectivity index (χ3n) is 3.00. The molecule has 0 heterocycles. The Morgan fingerprint density at radius 3 is 2.35 bits per heavy atom. The molecule has 0 saturated heterocycles. The van der Waals surface area contributed by atoms with E-state index in [-0.39, 0.29) is 12.4 Å². The van der Waals surface area contributed by atoms with Gasteiger partial charge in [0.1, 0.15) is 6.10 Å². The van der Waals surface area contributed by atoms with Gasteiger partial charge in [-0.05, 0) is 19.8 Å². The minimum absolute atomic E-state index is 0.214. The summed E-state index contributed by atoms with van der Waals surface area (Å²) in [5.74, 6) is -1.52. The zero-order chi connectivity index (χ0) is 13.5. The van der Waals surface area contributed by atoms with Gasteiger partial charge in [-0.1, -0.05) is 26.7 Å². The van der Waals surface area contributed by atoms with Crippen LogP contribution in [0, 0.1) is 0 Å². The van der Waals surface area contributed by atoms with E-state index in [9.17, 15) is 9.59 Å². The largest absolute Gasteiger partial charge is 0.480 e. The van der Waals surface area contributed by atoms with E-state index >= 15 is 0 Å². The first kappa shape index (κ1) is 15.9. The first-order valence-electron chi connectivity index (χ1n) is 6.10. The second-order valence-electron chi connectivity index (χ2n) is 4.29. The second kappa shape index (κ2) is 7.27. The normalized spacial score (nSPS) is 16.0. The monoisotopic (exact) mass is 245 g/mol. The Kier molecular flexibility index (Phi) is 6.80. The predicted molar refractivity (Wildman–Crippen MR) is 64.5 cm³/mol. The van der Waals surface area contributed by atoms with Gasteiger partial charge in [0.25, 0.3) is 0 Å². The highest BCUT2D eigenvalue weighted by atomic mass is 16.5. The van der Waals surface area contributed by atoms with Crippen molar-refractivity contribution in [2.75, 3.05) is 0 Å². The number of carboxylic acid groups (broad SMARTS) is 1. The molecule has 0 spiro atoms. The standard InChI is InChI=1S/C12H23NO4/c1-4-6-7-8-10(14)17-9(3)12(13,5-2)11(15)16/h9H,4-8,13H2,1-3H3,(H,15,16)/t9-,12+/m1/s1. The maximum atomic E-state index is 11.4. The van der Waals surface area contributed by atoms with Crippen molar-refractivity contribution >= 4 is 11.9 Å². The first-order valence-corrected chi connectivity index (χ1v) is 6.10. The Balaban J connectivity index is 4.27. The van der Waals surface area contributed by atoms with Gasteiger partial charge >= 0.3 is 11.9 Å². The van der Waals surface area contributed by atoms with Gasteiger partial charge in [0.2, 0.25) is 0 Å². The molecule has 0 bridgehead atoms. The summed E-state index contributed by atoms with van der Waals surface area (Å²) >= 11 is 0. The molecule has 17 heavy (non-hydrogen) atoms. The molecule has 100 valence electrons. The molecule has 0 aliphatic carbocycles. The van der Waals surface area contributed by atoms with Gasteiger partial charge in [-0.2, -0.15) is 0 Å². The number of hydrogen-bond acceptors (Lipinski definition) is 4. The zero-order valence-corrected chi connectivity index (χ0v) is 10.9. The van der Waals surface area contributed by atoms with Crippen molar-refractivity contribution in [2.24, 2.45) is 5.73 Å². The van der Waals surface area contributed by atoms with E-state index in [2.05, 4.69) is 0 Å². The van der Waals surface area contributed by atoms with Crippen molar-refractivity contribution < 1.29 is 19.4 Å². The van der Waals surface area contributed by atoms with E-state index in [1.54, 1.807) is 6.92 Å². The number of rotatable bonds is 8. The van der Waals surface area contributed by atoms with Crippen molar-refractivity contribution in [2.45, 2.75) is 64.5 Å². The molecule has 0 fully saturated rings. The Morgan fingerprint density at radius 1 is 1.35 bits per heavy atom. The molecule has 5 heteroatoms. The third kappa shape index (κ3) is 4.73. The van der Waals surface area contributed by atoms with Crippen LogP contribution in [0.5, 0.6) is 0 Å². The lowest BCUT2D eigenvalue weighted by Gasteiger charge is -2.29. The van der Waals surface area contributed by atoms with Crippen LogP contribution in [-0.4, -0.2) is 28.7 Å². The number of carbonyl (C=O) groups excluding carboxylic acids is 1. The van der Waals surface area contributed by atoms with Crippen LogP contribution < -0.4 is 5.73 Å². The van der Waals surface area contributed by atoms with Crippen LogP contribution >= 0.6 is 0 Å². The second-order valence-corrected chi connectivity index (χ2v) is 4.29. The Labute approximate surface area is 102 Å². The summed E-state index contributed by atoms with van der Waals surface area (Å²) in [6.07, 6.45) is 2.46. The fourth-order valence-corrected chi connectivity index (χ4v) is 1.49. The average molecular weight is 245 g/mol. The van der Waals surface area contributed by atoms with Crippen LogP contribution in [-0.2, 0) is 14.3 Å². The summed E-state index contributed by atoms with van der Waals surface area (Å²) in [4.78, 5) is 22.5. The highest BCUT2D eigenvalue weighted by molar-refractivity contribution is 5.80. The van der Waals surface area contributed by atoms with Crippen LogP contribution in [0.2, 0.25) is 0 Å². The van der Waals surface area contributed by atoms with E-state index < -0.39 is 17.6 Å². The summed E-state index contributed by atoms with van der Waals surface area (Å²) in [5.41, 5.74) is 4.21. The molecule has 0 amide bonds. The van der Waals surface area contributed by atoms with Crippen molar-refractivity contribution in [1.29, 1.82) is 0 Å². The van der Waals surface area contributed by atoms with Gasteiger partial charge in [0.05, 0.1) is 0 Å². The number of nitrogens with two attached hydrogens (primary N) is 1. The Bertz CT molecular complexity index is 267. The van der Waals surface area contributed by atoms with Gasteiger partial charge in [-0.3, -0.25) is 9.59 Å². The SMILES string of the molecule is CCCCCC(=O)O[C@H](C)[C@@](N)(CC)C(=O)O. The van der Waals surface area contributed by atoms with Crippen LogP contribution in [0.4, 0.5) is 0 Å². The number of carboxylic acids is 1.